The van der Waals surface area contributed by atoms with E-state index in [4.69, 9.17) is 14.4 Å². The SMILES string of the molecule is Cc1nc2c(c3nc(C#N)c(C#N)nc3n2Cc2ccco2)c2nc3ccccc3n12. The molecule has 31 heavy (non-hydrogen) atoms. The Morgan fingerprint density at radius 1 is 0.903 bits per heavy atom. The summed E-state index contributed by atoms with van der Waals surface area (Å²) in [4.78, 5) is 18.7. The van der Waals surface area contributed by atoms with Gasteiger partial charge in [0.25, 0.3) is 0 Å². The van der Waals surface area contributed by atoms with E-state index in [1.165, 1.54) is 0 Å². The second-order valence-electron chi connectivity index (χ2n) is 7.10. The van der Waals surface area contributed by atoms with Gasteiger partial charge in [-0.1, -0.05) is 12.1 Å². The van der Waals surface area contributed by atoms with Crippen LogP contribution in [0.25, 0.3) is 38.9 Å². The first-order valence-corrected chi connectivity index (χ1v) is 9.50. The number of nitrogens with zero attached hydrogens (tertiary/aromatic N) is 8. The lowest BCUT2D eigenvalue weighted by molar-refractivity contribution is 0.498. The highest BCUT2D eigenvalue weighted by Crippen LogP contribution is 2.32. The van der Waals surface area contributed by atoms with Gasteiger partial charge in [-0.2, -0.15) is 10.5 Å². The van der Waals surface area contributed by atoms with Crippen molar-refractivity contribution in [2.24, 2.45) is 0 Å². The van der Waals surface area contributed by atoms with E-state index in [2.05, 4.69) is 9.97 Å². The molecule has 5 aromatic heterocycles. The number of para-hydroxylation sites is 2. The molecule has 0 saturated carbocycles. The van der Waals surface area contributed by atoms with Gasteiger partial charge in [-0.3, -0.25) is 4.40 Å². The van der Waals surface area contributed by atoms with E-state index in [1.54, 1.807) is 6.26 Å². The molecule has 0 amide bonds. The fourth-order valence-corrected chi connectivity index (χ4v) is 4.03. The molecule has 0 radical (unpaired) electrons. The fourth-order valence-electron chi connectivity index (χ4n) is 4.03. The number of rotatable bonds is 2. The molecule has 0 aliphatic carbocycles. The lowest BCUT2D eigenvalue weighted by Gasteiger charge is -2.06. The fraction of sp³-hybridized carbons (Fsp3) is 0.0909. The van der Waals surface area contributed by atoms with E-state index in [0.717, 1.165) is 16.9 Å². The highest BCUT2D eigenvalue weighted by molar-refractivity contribution is 6.11. The van der Waals surface area contributed by atoms with Crippen molar-refractivity contribution in [3.05, 3.63) is 65.6 Å². The Morgan fingerprint density at radius 3 is 2.48 bits per heavy atom. The van der Waals surface area contributed by atoms with E-state index < -0.39 is 0 Å². The molecule has 0 fully saturated rings. The zero-order valence-corrected chi connectivity index (χ0v) is 16.2. The molecule has 9 heteroatoms. The molecule has 146 valence electrons. The standard InChI is InChI=1S/C22H12N8O/c1-12-25-20-18(21-27-14-6-2-3-7-17(14)30(12)21)19-22(28-16(10-24)15(9-23)26-19)29(20)11-13-5-4-8-31-13/h2-8H,11H2,1H3. The van der Waals surface area contributed by atoms with Crippen LogP contribution in [0.5, 0.6) is 0 Å². The Kier molecular flexibility index (Phi) is 3.38. The molecule has 0 aliphatic rings. The molecular weight excluding hydrogens is 392 g/mol. The number of hydrogen-bond donors (Lipinski definition) is 0. The van der Waals surface area contributed by atoms with Crippen LogP contribution in [0.2, 0.25) is 0 Å². The topological polar surface area (TPSA) is 122 Å². The van der Waals surface area contributed by atoms with Gasteiger partial charge >= 0.3 is 0 Å². The molecular formula is C22H12N8O. The second kappa shape index (κ2) is 6.12. The average molecular weight is 404 g/mol. The summed E-state index contributed by atoms with van der Waals surface area (Å²) in [5.74, 6) is 1.46. The maximum absolute atomic E-state index is 9.51. The molecule has 0 aliphatic heterocycles. The van der Waals surface area contributed by atoms with Crippen molar-refractivity contribution in [3.8, 4) is 12.1 Å². The van der Waals surface area contributed by atoms with Gasteiger partial charge in [0.05, 0.1) is 29.2 Å². The van der Waals surface area contributed by atoms with Gasteiger partial charge < -0.3 is 8.98 Å². The summed E-state index contributed by atoms with van der Waals surface area (Å²) in [6, 6.07) is 15.4. The number of fused-ring (bicyclic) bond motifs is 7. The summed E-state index contributed by atoms with van der Waals surface area (Å²) >= 11 is 0. The first kappa shape index (κ1) is 17.1. The Hall–Kier alpha value is -4.76. The number of furan rings is 1. The quantitative estimate of drug-likeness (QED) is 0.433. The zero-order valence-electron chi connectivity index (χ0n) is 16.2. The first-order chi connectivity index (χ1) is 15.2. The number of hydrogen-bond acceptors (Lipinski definition) is 7. The minimum Gasteiger partial charge on any atom is -0.467 e. The van der Waals surface area contributed by atoms with Crippen molar-refractivity contribution in [2.45, 2.75) is 13.5 Å². The molecule has 0 unspecified atom stereocenters. The van der Waals surface area contributed by atoms with Gasteiger partial charge in [-0.25, -0.2) is 19.9 Å². The van der Waals surface area contributed by atoms with Crippen molar-refractivity contribution >= 4 is 38.9 Å². The van der Waals surface area contributed by atoms with Crippen LogP contribution in [0.1, 0.15) is 23.0 Å². The minimum atomic E-state index is -0.0280. The van der Waals surface area contributed by atoms with Crippen LogP contribution in [0.15, 0.2) is 47.1 Å². The van der Waals surface area contributed by atoms with Crippen molar-refractivity contribution in [1.29, 1.82) is 10.5 Å². The van der Waals surface area contributed by atoms with Gasteiger partial charge in [0.15, 0.2) is 22.7 Å². The molecule has 0 atom stereocenters. The number of aromatic nitrogens is 6. The third kappa shape index (κ3) is 2.28. The summed E-state index contributed by atoms with van der Waals surface area (Å²) in [6.07, 6.45) is 1.60. The molecule has 0 bridgehead atoms. The van der Waals surface area contributed by atoms with Crippen LogP contribution >= 0.6 is 0 Å². The normalized spacial score (nSPS) is 11.5. The highest BCUT2D eigenvalue weighted by Gasteiger charge is 2.23. The Bertz CT molecular complexity index is 1740. The lowest BCUT2D eigenvalue weighted by Crippen LogP contribution is -2.04. The molecule has 1 aromatic carbocycles. The van der Waals surface area contributed by atoms with Gasteiger partial charge in [-0.05, 0) is 31.2 Å². The number of benzene rings is 1. The minimum absolute atomic E-state index is 0.0260. The van der Waals surface area contributed by atoms with Crippen LogP contribution in [0, 0.1) is 29.6 Å². The molecule has 0 spiro atoms. The van der Waals surface area contributed by atoms with Gasteiger partial charge in [-0.15, -0.1) is 0 Å². The lowest BCUT2D eigenvalue weighted by atomic mass is 10.3. The Balaban J connectivity index is 1.85. The van der Waals surface area contributed by atoms with E-state index in [1.807, 2.05) is 64.4 Å². The predicted molar refractivity (Wildman–Crippen MR) is 111 cm³/mol. The van der Waals surface area contributed by atoms with Crippen LogP contribution in [-0.4, -0.2) is 28.9 Å². The summed E-state index contributed by atoms with van der Waals surface area (Å²) in [7, 11) is 0. The smallest absolute Gasteiger partial charge is 0.179 e. The van der Waals surface area contributed by atoms with E-state index in [9.17, 15) is 10.5 Å². The van der Waals surface area contributed by atoms with Gasteiger partial charge in [0.1, 0.15) is 34.9 Å². The maximum atomic E-state index is 9.51. The van der Waals surface area contributed by atoms with Crippen LogP contribution in [-0.2, 0) is 6.54 Å². The third-order valence-electron chi connectivity index (χ3n) is 5.33. The summed E-state index contributed by atoms with van der Waals surface area (Å²) in [5, 5.41) is 19.7. The van der Waals surface area contributed by atoms with Crippen molar-refractivity contribution in [3.63, 3.8) is 0 Å². The molecule has 6 rings (SSSR count). The van der Waals surface area contributed by atoms with Crippen molar-refractivity contribution in [1.82, 2.24) is 28.9 Å². The second-order valence-corrected chi connectivity index (χ2v) is 7.10. The molecule has 5 heterocycles. The van der Waals surface area contributed by atoms with E-state index in [0.29, 0.717) is 40.1 Å². The van der Waals surface area contributed by atoms with Crippen LogP contribution in [0.3, 0.4) is 0 Å². The molecule has 6 aromatic rings. The summed E-state index contributed by atoms with van der Waals surface area (Å²) in [6.45, 7) is 2.26. The molecule has 9 nitrogen and oxygen atoms in total. The first-order valence-electron chi connectivity index (χ1n) is 9.50. The van der Waals surface area contributed by atoms with Crippen molar-refractivity contribution in [2.75, 3.05) is 0 Å². The number of aryl methyl sites for hydroxylation is 1. The Labute approximate surface area is 174 Å². The molecule has 0 saturated heterocycles. The largest absolute Gasteiger partial charge is 0.467 e. The van der Waals surface area contributed by atoms with Crippen molar-refractivity contribution < 1.29 is 4.42 Å². The van der Waals surface area contributed by atoms with E-state index in [-0.39, 0.29) is 11.4 Å². The maximum Gasteiger partial charge on any atom is 0.179 e. The van der Waals surface area contributed by atoms with Gasteiger partial charge in [0, 0.05) is 0 Å². The van der Waals surface area contributed by atoms with Crippen LogP contribution in [0.4, 0.5) is 0 Å². The predicted octanol–water partition coefficient (Wildman–Crippen LogP) is 3.47. The van der Waals surface area contributed by atoms with Crippen LogP contribution < -0.4 is 0 Å². The monoisotopic (exact) mass is 404 g/mol. The zero-order chi connectivity index (χ0) is 21.1. The highest BCUT2D eigenvalue weighted by atomic mass is 16.3. The Morgan fingerprint density at radius 2 is 1.71 bits per heavy atom. The number of nitriles is 2. The number of imidazole rings is 1. The summed E-state index contributed by atoms with van der Waals surface area (Å²) in [5.41, 5.74) is 3.92. The van der Waals surface area contributed by atoms with E-state index >= 15 is 0 Å². The summed E-state index contributed by atoms with van der Waals surface area (Å²) < 4.78 is 9.36. The average Bonchev–Trinajstić information content (AvgIpc) is 3.50. The third-order valence-corrected chi connectivity index (χ3v) is 5.33. The van der Waals surface area contributed by atoms with Gasteiger partial charge in [0.2, 0.25) is 0 Å². The molecule has 0 N–H and O–H groups in total.